The first-order chi connectivity index (χ1) is 17.0. The largest absolute Gasteiger partial charge is 0.390 e. The zero-order valence-corrected chi connectivity index (χ0v) is 18.6. The zero-order valence-electron chi connectivity index (χ0n) is 18.6. The summed E-state index contributed by atoms with van der Waals surface area (Å²) in [5.74, 6) is -0.0126. The third-order valence-corrected chi connectivity index (χ3v) is 6.60. The van der Waals surface area contributed by atoms with Gasteiger partial charge in [-0.2, -0.15) is 0 Å². The van der Waals surface area contributed by atoms with Crippen LogP contribution in [0, 0.1) is 5.82 Å². The second-order valence-electron chi connectivity index (χ2n) is 8.76. The number of anilines is 3. The number of hydrogen-bond donors (Lipinski definition) is 3. The molecule has 5 heterocycles. The molecule has 0 bridgehead atoms. The monoisotopic (exact) mass is 476 g/mol. The van der Waals surface area contributed by atoms with E-state index in [1.807, 2.05) is 23.1 Å². The highest BCUT2D eigenvalue weighted by atomic mass is 19.1. The van der Waals surface area contributed by atoms with Gasteiger partial charge in [-0.1, -0.05) is 6.07 Å². The smallest absolute Gasteiger partial charge is 0.254 e. The van der Waals surface area contributed by atoms with Crippen LogP contribution in [0.5, 0.6) is 0 Å². The highest BCUT2D eigenvalue weighted by Gasteiger charge is 2.29. The van der Waals surface area contributed by atoms with Gasteiger partial charge in [-0.3, -0.25) is 9.20 Å². The van der Waals surface area contributed by atoms with Crippen molar-refractivity contribution in [3.8, 4) is 11.3 Å². The van der Waals surface area contributed by atoms with Crippen LogP contribution in [0.1, 0.15) is 22.3 Å². The van der Waals surface area contributed by atoms with Crippen LogP contribution in [0.25, 0.3) is 16.9 Å². The first-order valence-corrected chi connectivity index (χ1v) is 11.3. The molecular weight excluding hydrogens is 454 g/mol. The minimum atomic E-state index is -1.28. The normalized spacial score (nSPS) is 19.6. The summed E-state index contributed by atoms with van der Waals surface area (Å²) >= 11 is 0. The molecule has 2 aliphatic heterocycles. The van der Waals surface area contributed by atoms with Crippen LogP contribution in [-0.2, 0) is 6.54 Å². The van der Waals surface area contributed by atoms with Crippen molar-refractivity contribution < 1.29 is 18.7 Å². The highest BCUT2D eigenvalue weighted by Crippen LogP contribution is 2.35. The number of carbonyl (C=O) groups is 1. The summed E-state index contributed by atoms with van der Waals surface area (Å²) in [6, 6.07) is 10.1. The van der Waals surface area contributed by atoms with Gasteiger partial charge < -0.3 is 20.6 Å². The zero-order chi connectivity index (χ0) is 24.1. The maximum absolute atomic E-state index is 13.9. The lowest BCUT2D eigenvalue weighted by atomic mass is 9.99. The Morgan fingerprint density at radius 1 is 1.14 bits per heavy atom. The maximum Gasteiger partial charge on any atom is 0.254 e. The number of halogens is 2. The van der Waals surface area contributed by atoms with Crippen LogP contribution in [-0.4, -0.2) is 50.7 Å². The van der Waals surface area contributed by atoms with Crippen molar-refractivity contribution >= 4 is 28.7 Å². The Morgan fingerprint density at radius 2 is 2.03 bits per heavy atom. The molecule has 4 aromatic rings. The van der Waals surface area contributed by atoms with E-state index in [2.05, 4.69) is 20.6 Å². The number of aromatic nitrogens is 3. The van der Waals surface area contributed by atoms with Crippen LogP contribution in [0.15, 0.2) is 55.0 Å². The average Bonchev–Trinajstić information content (AvgIpc) is 3.45. The summed E-state index contributed by atoms with van der Waals surface area (Å²) in [5.41, 5.74) is 4.81. The molecule has 3 aromatic heterocycles. The Labute approximate surface area is 199 Å². The molecule has 2 aliphatic rings. The Morgan fingerprint density at radius 3 is 2.83 bits per heavy atom. The van der Waals surface area contributed by atoms with Gasteiger partial charge in [0.25, 0.3) is 5.91 Å². The van der Waals surface area contributed by atoms with Crippen molar-refractivity contribution in [2.75, 3.05) is 23.3 Å². The summed E-state index contributed by atoms with van der Waals surface area (Å²) in [6.45, 7) is 1.05. The van der Waals surface area contributed by atoms with Crippen LogP contribution in [0.2, 0.25) is 0 Å². The topological polar surface area (TPSA) is 94.8 Å². The number of piperidine rings is 1. The molecule has 0 radical (unpaired) electrons. The molecule has 3 N–H and O–H groups in total. The third-order valence-electron chi connectivity index (χ3n) is 6.60. The summed E-state index contributed by atoms with van der Waals surface area (Å²) in [7, 11) is 0. The third kappa shape index (κ3) is 3.75. The number of alkyl halides is 1. The molecule has 0 unspecified atom stereocenters. The maximum atomic E-state index is 13.9. The van der Waals surface area contributed by atoms with Gasteiger partial charge in [0.1, 0.15) is 23.5 Å². The van der Waals surface area contributed by atoms with Gasteiger partial charge in [0.15, 0.2) is 0 Å². The van der Waals surface area contributed by atoms with Crippen LogP contribution in [0.3, 0.4) is 0 Å². The van der Waals surface area contributed by atoms with Crippen molar-refractivity contribution in [3.63, 3.8) is 0 Å². The molecule has 1 aromatic carbocycles. The summed E-state index contributed by atoms with van der Waals surface area (Å²) < 4.78 is 29.3. The highest BCUT2D eigenvalue weighted by molar-refractivity contribution is 6.06. The van der Waals surface area contributed by atoms with Gasteiger partial charge in [0.2, 0.25) is 0 Å². The van der Waals surface area contributed by atoms with Gasteiger partial charge in [-0.25, -0.2) is 18.7 Å². The number of nitrogens with zero attached hydrogens (tertiary/aromatic N) is 4. The lowest BCUT2D eigenvalue weighted by molar-refractivity contribution is 0.0615. The van der Waals surface area contributed by atoms with Crippen molar-refractivity contribution in [1.82, 2.24) is 19.7 Å². The summed E-state index contributed by atoms with van der Waals surface area (Å²) in [5, 5.41) is 15.7. The van der Waals surface area contributed by atoms with Crippen LogP contribution < -0.4 is 15.5 Å². The van der Waals surface area contributed by atoms with Gasteiger partial charge in [0, 0.05) is 30.9 Å². The Kier molecular flexibility index (Phi) is 5.10. The lowest BCUT2D eigenvalue weighted by Gasteiger charge is -2.33. The standard InChI is InChI=1S/C25H22F2N6O2/c26-14-5-8-33-20(12-29-23(33)9-14)16-2-3-19(24-17(16)11-30-25(24)35)31-22-4-1-15(10-28-22)32-7-6-21(34)18(27)13-32/h1-5,8-10,12,18,21,34H,6-7,11,13H2,(H,28,31)(H,30,35)/t18-,21-/m0/s1. The van der Waals surface area contributed by atoms with Crippen LogP contribution >= 0.6 is 0 Å². The number of imidazole rings is 1. The summed E-state index contributed by atoms with van der Waals surface area (Å²) in [4.78, 5) is 23.3. The SMILES string of the molecule is O=C1NCc2c(-c3cnc4cc(F)ccn34)ccc(Nc3ccc(N4CC[C@H](O)[C@@H](F)C4)cn3)c21. The van der Waals surface area contributed by atoms with Crippen LogP contribution in [0.4, 0.5) is 26.0 Å². The van der Waals surface area contributed by atoms with E-state index in [0.29, 0.717) is 42.2 Å². The van der Waals surface area contributed by atoms with E-state index in [9.17, 15) is 18.7 Å². The molecule has 10 heteroatoms. The number of fused-ring (bicyclic) bond motifs is 2. The van der Waals surface area contributed by atoms with Gasteiger partial charge >= 0.3 is 0 Å². The Hall–Kier alpha value is -4.05. The van der Waals surface area contributed by atoms with E-state index in [1.54, 1.807) is 29.1 Å². The van der Waals surface area contributed by atoms with E-state index >= 15 is 0 Å². The van der Waals surface area contributed by atoms with Crippen molar-refractivity contribution in [2.24, 2.45) is 0 Å². The number of rotatable bonds is 4. The molecule has 6 rings (SSSR count). The second kappa shape index (κ2) is 8.31. The van der Waals surface area contributed by atoms with E-state index in [4.69, 9.17) is 0 Å². The molecule has 35 heavy (non-hydrogen) atoms. The number of pyridine rings is 2. The predicted molar refractivity (Wildman–Crippen MR) is 127 cm³/mol. The molecule has 0 spiro atoms. The molecule has 0 saturated carbocycles. The van der Waals surface area contributed by atoms with E-state index in [1.165, 1.54) is 12.1 Å². The predicted octanol–water partition coefficient (Wildman–Crippen LogP) is 3.43. The fourth-order valence-electron chi connectivity index (χ4n) is 4.76. The number of aliphatic hydroxyl groups excluding tert-OH is 1. The summed E-state index contributed by atoms with van der Waals surface area (Å²) in [6.07, 6.45) is 3.11. The first-order valence-electron chi connectivity index (χ1n) is 11.3. The molecule has 1 amide bonds. The lowest BCUT2D eigenvalue weighted by Crippen LogP contribution is -2.44. The first kappa shape index (κ1) is 21.5. The number of benzene rings is 1. The number of carbonyl (C=O) groups excluding carboxylic acids is 1. The minimum Gasteiger partial charge on any atom is -0.390 e. The molecule has 178 valence electrons. The molecule has 8 nitrogen and oxygen atoms in total. The van der Waals surface area contributed by atoms with Gasteiger partial charge in [-0.05, 0) is 36.2 Å². The van der Waals surface area contributed by atoms with E-state index in [-0.39, 0.29) is 18.3 Å². The van der Waals surface area contributed by atoms with Crippen molar-refractivity contribution in [3.05, 3.63) is 71.9 Å². The van der Waals surface area contributed by atoms with E-state index < -0.39 is 12.3 Å². The number of nitrogens with one attached hydrogen (secondary N) is 2. The number of aliphatic hydroxyl groups is 1. The molecule has 1 fully saturated rings. The fourth-order valence-corrected chi connectivity index (χ4v) is 4.76. The molecule has 1 saturated heterocycles. The molecular formula is C25H22F2N6O2. The number of hydrogen-bond acceptors (Lipinski definition) is 6. The molecule has 0 aliphatic carbocycles. The second-order valence-corrected chi connectivity index (χ2v) is 8.76. The minimum absolute atomic E-state index is 0.126. The van der Waals surface area contributed by atoms with Crippen molar-refractivity contribution in [2.45, 2.75) is 25.2 Å². The van der Waals surface area contributed by atoms with E-state index in [0.717, 1.165) is 22.5 Å². The van der Waals surface area contributed by atoms with Crippen molar-refractivity contribution in [1.29, 1.82) is 0 Å². The Bertz CT molecular complexity index is 1440. The number of amides is 1. The average molecular weight is 476 g/mol. The fraction of sp³-hybridized carbons (Fsp3) is 0.240. The quantitative estimate of drug-likeness (QED) is 0.418. The molecule has 2 atom stereocenters. The van der Waals surface area contributed by atoms with Gasteiger partial charge in [0.05, 0.1) is 47.7 Å². The van der Waals surface area contributed by atoms with Gasteiger partial charge in [-0.15, -0.1) is 0 Å². The Balaban J connectivity index is 1.30.